The number of benzene rings is 1. The summed E-state index contributed by atoms with van der Waals surface area (Å²) in [5.41, 5.74) is 0.372. The number of methoxy groups -OCH3 is 1. The topological polar surface area (TPSA) is 84.5 Å². The molecule has 0 spiro atoms. The second-order valence-corrected chi connectivity index (χ2v) is 8.20. The highest BCUT2D eigenvalue weighted by atomic mass is 32.2. The van der Waals surface area contributed by atoms with E-state index in [9.17, 15) is 13.2 Å². The molecule has 1 aliphatic carbocycles. The van der Waals surface area contributed by atoms with Gasteiger partial charge in [0.15, 0.2) is 0 Å². The zero-order chi connectivity index (χ0) is 18.1. The molecule has 1 amide bonds. The summed E-state index contributed by atoms with van der Waals surface area (Å²) < 4.78 is 31.8. The van der Waals surface area contributed by atoms with Gasteiger partial charge in [-0.3, -0.25) is 4.79 Å². The van der Waals surface area contributed by atoms with E-state index in [0.717, 1.165) is 25.7 Å². The van der Waals surface area contributed by atoms with E-state index in [0.29, 0.717) is 12.2 Å². The maximum absolute atomic E-state index is 12.5. The van der Waals surface area contributed by atoms with Crippen LogP contribution in [0, 0.1) is 0 Å². The molecule has 1 aromatic rings. The minimum atomic E-state index is -3.64. The molecule has 1 fully saturated rings. The summed E-state index contributed by atoms with van der Waals surface area (Å²) >= 11 is 0. The average molecular weight is 368 g/mol. The predicted octanol–water partition coefficient (Wildman–Crippen LogP) is 2.45. The van der Waals surface area contributed by atoms with Crippen LogP contribution in [-0.2, 0) is 14.8 Å². The SMILES string of the molecule is COCCNS(=O)(=O)c1cccc(C(=O)NC2CCCCCCC2)c1. The third-order valence-corrected chi connectivity index (χ3v) is 5.90. The Balaban J connectivity index is 2.02. The smallest absolute Gasteiger partial charge is 0.251 e. The van der Waals surface area contributed by atoms with Crippen molar-refractivity contribution < 1.29 is 17.9 Å². The largest absolute Gasteiger partial charge is 0.383 e. The molecule has 2 N–H and O–H groups in total. The molecule has 6 nitrogen and oxygen atoms in total. The molecule has 1 aromatic carbocycles. The van der Waals surface area contributed by atoms with Gasteiger partial charge in [-0.1, -0.05) is 38.2 Å². The van der Waals surface area contributed by atoms with Crippen LogP contribution < -0.4 is 10.0 Å². The van der Waals surface area contributed by atoms with Crippen molar-refractivity contribution in [2.75, 3.05) is 20.3 Å². The van der Waals surface area contributed by atoms with Crippen LogP contribution in [0.3, 0.4) is 0 Å². The lowest BCUT2D eigenvalue weighted by molar-refractivity contribution is 0.0930. The average Bonchev–Trinajstić information content (AvgIpc) is 2.57. The van der Waals surface area contributed by atoms with Gasteiger partial charge in [0, 0.05) is 25.3 Å². The van der Waals surface area contributed by atoms with E-state index in [2.05, 4.69) is 10.0 Å². The molecule has 0 bridgehead atoms. The van der Waals surface area contributed by atoms with Crippen molar-refractivity contribution in [3.8, 4) is 0 Å². The number of hydrogen-bond donors (Lipinski definition) is 2. The van der Waals surface area contributed by atoms with Crippen molar-refractivity contribution >= 4 is 15.9 Å². The number of carbonyl (C=O) groups excluding carboxylic acids is 1. The summed E-state index contributed by atoms with van der Waals surface area (Å²) in [4.78, 5) is 12.6. The monoisotopic (exact) mass is 368 g/mol. The summed E-state index contributed by atoms with van der Waals surface area (Å²) in [6.45, 7) is 0.485. The van der Waals surface area contributed by atoms with Crippen LogP contribution >= 0.6 is 0 Å². The van der Waals surface area contributed by atoms with Crippen LogP contribution in [0.5, 0.6) is 0 Å². The van der Waals surface area contributed by atoms with Gasteiger partial charge in [-0.15, -0.1) is 0 Å². The zero-order valence-corrected chi connectivity index (χ0v) is 15.6. The number of sulfonamides is 1. The fourth-order valence-corrected chi connectivity index (χ4v) is 4.09. The van der Waals surface area contributed by atoms with Crippen LogP contribution in [-0.4, -0.2) is 40.6 Å². The molecule has 0 aliphatic heterocycles. The fraction of sp³-hybridized carbons (Fsp3) is 0.611. The van der Waals surface area contributed by atoms with E-state index >= 15 is 0 Å². The first kappa shape index (κ1) is 19.9. The van der Waals surface area contributed by atoms with E-state index in [1.165, 1.54) is 38.5 Å². The minimum absolute atomic E-state index is 0.0916. The van der Waals surface area contributed by atoms with Crippen molar-refractivity contribution in [2.24, 2.45) is 0 Å². The number of carbonyl (C=O) groups is 1. The quantitative estimate of drug-likeness (QED) is 0.724. The third kappa shape index (κ3) is 6.41. The van der Waals surface area contributed by atoms with Gasteiger partial charge in [0.1, 0.15) is 0 Å². The van der Waals surface area contributed by atoms with Gasteiger partial charge in [-0.25, -0.2) is 13.1 Å². The Morgan fingerprint density at radius 3 is 2.52 bits per heavy atom. The summed E-state index contributed by atoms with van der Waals surface area (Å²) in [5, 5.41) is 3.06. The second kappa shape index (κ2) is 9.89. The van der Waals surface area contributed by atoms with Crippen LogP contribution in [0.25, 0.3) is 0 Å². The number of nitrogens with one attached hydrogen (secondary N) is 2. The van der Waals surface area contributed by atoms with Crippen molar-refractivity contribution in [1.82, 2.24) is 10.0 Å². The van der Waals surface area contributed by atoms with Gasteiger partial charge < -0.3 is 10.1 Å². The van der Waals surface area contributed by atoms with Gasteiger partial charge in [0.2, 0.25) is 10.0 Å². The lowest BCUT2D eigenvalue weighted by atomic mass is 9.96. The summed E-state index contributed by atoms with van der Waals surface area (Å²) in [7, 11) is -2.13. The van der Waals surface area contributed by atoms with Crippen molar-refractivity contribution in [2.45, 2.75) is 55.9 Å². The third-order valence-electron chi connectivity index (χ3n) is 4.45. The molecule has 25 heavy (non-hydrogen) atoms. The van der Waals surface area contributed by atoms with Crippen LogP contribution in [0.15, 0.2) is 29.2 Å². The lowest BCUT2D eigenvalue weighted by Gasteiger charge is -2.21. The second-order valence-electron chi connectivity index (χ2n) is 6.43. The highest BCUT2D eigenvalue weighted by molar-refractivity contribution is 7.89. The van der Waals surface area contributed by atoms with Gasteiger partial charge in [0.05, 0.1) is 11.5 Å². The maximum atomic E-state index is 12.5. The normalized spacial score (nSPS) is 16.8. The Bertz CT molecular complexity index is 653. The van der Waals surface area contributed by atoms with Crippen LogP contribution in [0.4, 0.5) is 0 Å². The first-order chi connectivity index (χ1) is 12.0. The molecular weight excluding hydrogens is 340 g/mol. The summed E-state index contributed by atoms with van der Waals surface area (Å²) in [5.74, 6) is -0.209. The number of rotatable bonds is 7. The Morgan fingerprint density at radius 2 is 1.84 bits per heavy atom. The molecule has 7 heteroatoms. The van der Waals surface area contributed by atoms with Crippen molar-refractivity contribution in [1.29, 1.82) is 0 Å². The van der Waals surface area contributed by atoms with E-state index in [1.54, 1.807) is 12.1 Å². The summed E-state index contributed by atoms with van der Waals surface area (Å²) in [6.07, 6.45) is 7.94. The van der Waals surface area contributed by atoms with Gasteiger partial charge in [-0.05, 0) is 31.0 Å². The van der Waals surface area contributed by atoms with E-state index in [-0.39, 0.29) is 23.4 Å². The number of amides is 1. The first-order valence-electron chi connectivity index (χ1n) is 8.92. The molecule has 1 saturated carbocycles. The van der Waals surface area contributed by atoms with E-state index in [1.807, 2.05) is 0 Å². The Kier molecular flexibility index (Phi) is 7.87. The Morgan fingerprint density at radius 1 is 1.16 bits per heavy atom. The fourth-order valence-electron chi connectivity index (χ4n) is 3.04. The molecule has 0 unspecified atom stereocenters. The molecular formula is C18H28N2O4S. The molecule has 140 valence electrons. The number of hydrogen-bond acceptors (Lipinski definition) is 4. The molecule has 0 aromatic heterocycles. The first-order valence-corrected chi connectivity index (χ1v) is 10.4. The molecule has 1 aliphatic rings. The van der Waals surface area contributed by atoms with Crippen molar-refractivity contribution in [3.05, 3.63) is 29.8 Å². The highest BCUT2D eigenvalue weighted by Crippen LogP contribution is 2.18. The van der Waals surface area contributed by atoms with E-state index < -0.39 is 10.0 Å². The van der Waals surface area contributed by atoms with Crippen LogP contribution in [0.1, 0.15) is 55.3 Å². The Hall–Kier alpha value is -1.44. The standard InChI is InChI=1S/C18H28N2O4S/c1-24-13-12-19-25(22,23)17-11-7-8-15(14-17)18(21)20-16-9-5-3-2-4-6-10-16/h7-8,11,14,16,19H,2-6,9-10,12-13H2,1H3,(H,20,21). The van der Waals surface area contributed by atoms with E-state index in [4.69, 9.17) is 4.74 Å². The predicted molar refractivity (Wildman–Crippen MR) is 97.1 cm³/mol. The maximum Gasteiger partial charge on any atom is 0.251 e. The lowest BCUT2D eigenvalue weighted by Crippen LogP contribution is -2.35. The molecule has 2 rings (SSSR count). The Labute approximate surface area is 150 Å². The van der Waals surface area contributed by atoms with Gasteiger partial charge in [-0.2, -0.15) is 0 Å². The number of ether oxygens (including phenoxy) is 1. The molecule has 0 saturated heterocycles. The summed E-state index contributed by atoms with van der Waals surface area (Å²) in [6, 6.07) is 6.33. The zero-order valence-electron chi connectivity index (χ0n) is 14.8. The van der Waals surface area contributed by atoms with Gasteiger partial charge in [0.25, 0.3) is 5.91 Å². The highest BCUT2D eigenvalue weighted by Gasteiger charge is 2.18. The van der Waals surface area contributed by atoms with Crippen molar-refractivity contribution in [3.63, 3.8) is 0 Å². The molecule has 0 radical (unpaired) electrons. The van der Waals surface area contributed by atoms with Crippen LogP contribution in [0.2, 0.25) is 0 Å². The molecule has 0 heterocycles. The minimum Gasteiger partial charge on any atom is -0.383 e. The van der Waals surface area contributed by atoms with Gasteiger partial charge >= 0.3 is 0 Å². The molecule has 0 atom stereocenters.